The van der Waals surface area contributed by atoms with Crippen molar-refractivity contribution in [1.29, 1.82) is 0 Å². The first-order valence-corrected chi connectivity index (χ1v) is 11.8. The van der Waals surface area contributed by atoms with E-state index in [1.165, 1.54) is 16.4 Å². The molecule has 0 bridgehead atoms. The van der Waals surface area contributed by atoms with Gasteiger partial charge in [0.1, 0.15) is 4.21 Å². The number of thiophene rings is 1. The molecule has 29 heavy (non-hydrogen) atoms. The van der Waals surface area contributed by atoms with Crippen LogP contribution in [-0.2, 0) is 27.5 Å². The van der Waals surface area contributed by atoms with Crippen LogP contribution in [0.5, 0.6) is 0 Å². The molecular formula is C18H18BrF3N2O3S2. The molecule has 0 saturated carbocycles. The van der Waals surface area contributed by atoms with Crippen molar-refractivity contribution in [3.63, 3.8) is 0 Å². The van der Waals surface area contributed by atoms with Gasteiger partial charge in [-0.1, -0.05) is 12.1 Å². The summed E-state index contributed by atoms with van der Waals surface area (Å²) in [6, 6.07) is 7.85. The van der Waals surface area contributed by atoms with Crippen LogP contribution in [-0.4, -0.2) is 31.7 Å². The highest BCUT2D eigenvalue weighted by Crippen LogP contribution is 2.31. The molecular weight excluding hydrogens is 493 g/mol. The molecule has 0 spiro atoms. The van der Waals surface area contributed by atoms with Crippen molar-refractivity contribution in [3.05, 3.63) is 51.3 Å². The van der Waals surface area contributed by atoms with Crippen LogP contribution >= 0.6 is 27.3 Å². The summed E-state index contributed by atoms with van der Waals surface area (Å²) in [6.07, 6.45) is -3.61. The molecule has 0 unspecified atom stereocenters. The van der Waals surface area contributed by atoms with Gasteiger partial charge in [0.25, 0.3) is 10.0 Å². The van der Waals surface area contributed by atoms with Gasteiger partial charge in [-0.2, -0.15) is 17.5 Å². The van der Waals surface area contributed by atoms with E-state index in [1.54, 1.807) is 12.1 Å². The molecule has 0 aliphatic carbocycles. The highest BCUT2D eigenvalue weighted by molar-refractivity contribution is 9.11. The third-order valence-electron chi connectivity index (χ3n) is 4.72. The summed E-state index contributed by atoms with van der Waals surface area (Å²) in [5.74, 6) is -0.549. The molecule has 2 heterocycles. The van der Waals surface area contributed by atoms with Crippen molar-refractivity contribution < 1.29 is 26.4 Å². The van der Waals surface area contributed by atoms with Gasteiger partial charge in [0.05, 0.1) is 9.35 Å². The van der Waals surface area contributed by atoms with Crippen molar-refractivity contribution in [2.24, 2.45) is 5.92 Å². The number of benzene rings is 1. The minimum Gasteiger partial charge on any atom is -0.352 e. The third-order valence-corrected chi connectivity index (χ3v) is 8.71. The maximum Gasteiger partial charge on any atom is 0.416 e. The molecule has 1 amide bonds. The quantitative estimate of drug-likeness (QED) is 0.653. The zero-order valence-corrected chi connectivity index (χ0v) is 18.3. The Bertz CT molecular complexity index is 967. The molecule has 1 aliphatic rings. The Hall–Kier alpha value is -1.43. The van der Waals surface area contributed by atoms with E-state index in [0.29, 0.717) is 18.4 Å². The number of rotatable bonds is 5. The van der Waals surface area contributed by atoms with E-state index < -0.39 is 21.8 Å². The van der Waals surface area contributed by atoms with E-state index in [2.05, 4.69) is 21.2 Å². The Labute approximate surface area is 179 Å². The van der Waals surface area contributed by atoms with Gasteiger partial charge >= 0.3 is 6.18 Å². The summed E-state index contributed by atoms with van der Waals surface area (Å²) in [5, 5.41) is 2.72. The van der Waals surface area contributed by atoms with Gasteiger partial charge in [0.15, 0.2) is 0 Å². The minimum absolute atomic E-state index is 0.124. The molecule has 1 saturated heterocycles. The highest BCUT2D eigenvalue weighted by atomic mass is 79.9. The molecule has 5 nitrogen and oxygen atoms in total. The van der Waals surface area contributed by atoms with Crippen molar-refractivity contribution in [3.8, 4) is 0 Å². The monoisotopic (exact) mass is 510 g/mol. The molecule has 0 atom stereocenters. The van der Waals surface area contributed by atoms with Gasteiger partial charge < -0.3 is 5.32 Å². The van der Waals surface area contributed by atoms with E-state index in [0.717, 1.165) is 27.3 Å². The maximum absolute atomic E-state index is 12.6. The molecule has 1 aliphatic heterocycles. The Morgan fingerprint density at radius 2 is 1.76 bits per heavy atom. The first-order chi connectivity index (χ1) is 13.6. The molecule has 158 valence electrons. The molecule has 1 aromatic carbocycles. The normalized spacial score (nSPS) is 16.7. The zero-order chi connectivity index (χ0) is 21.2. The lowest BCUT2D eigenvalue weighted by molar-refractivity contribution is -0.137. The van der Waals surface area contributed by atoms with Crippen LogP contribution in [0.1, 0.15) is 24.0 Å². The van der Waals surface area contributed by atoms with Crippen LogP contribution in [0.25, 0.3) is 0 Å². The smallest absolute Gasteiger partial charge is 0.352 e. The van der Waals surface area contributed by atoms with Gasteiger partial charge in [-0.3, -0.25) is 4.79 Å². The lowest BCUT2D eigenvalue weighted by Gasteiger charge is -2.30. The number of hydrogen-bond acceptors (Lipinski definition) is 4. The Kier molecular flexibility index (Phi) is 6.71. The molecule has 0 radical (unpaired) electrons. The summed E-state index contributed by atoms with van der Waals surface area (Å²) >= 11 is 4.40. The van der Waals surface area contributed by atoms with E-state index in [1.807, 2.05) is 0 Å². The second-order valence-corrected chi connectivity index (χ2v) is 11.3. The topological polar surface area (TPSA) is 66.5 Å². The highest BCUT2D eigenvalue weighted by Gasteiger charge is 2.33. The van der Waals surface area contributed by atoms with E-state index in [9.17, 15) is 26.4 Å². The SMILES string of the molecule is O=C(NCc1ccc(C(F)(F)F)cc1)C1CCN(S(=O)(=O)c2ccc(Br)s2)CC1. The fourth-order valence-corrected chi connectivity index (χ4v) is 6.70. The van der Waals surface area contributed by atoms with Crippen molar-refractivity contribution >= 4 is 43.2 Å². The molecule has 1 N–H and O–H groups in total. The Balaban J connectivity index is 1.51. The molecule has 3 rings (SSSR count). The average Bonchev–Trinajstić information content (AvgIpc) is 3.13. The van der Waals surface area contributed by atoms with Crippen molar-refractivity contribution in [2.75, 3.05) is 13.1 Å². The molecule has 1 aromatic heterocycles. The number of piperidine rings is 1. The van der Waals surface area contributed by atoms with Gasteiger partial charge in [0.2, 0.25) is 5.91 Å². The number of sulfonamides is 1. The standard InChI is InChI=1S/C18H18BrF3N2O3S2/c19-15-5-6-16(28-15)29(26,27)24-9-7-13(8-10-24)17(25)23-11-12-1-3-14(4-2-12)18(20,21)22/h1-6,13H,7-11H2,(H,23,25). The van der Waals surface area contributed by atoms with Crippen LogP contribution < -0.4 is 5.32 Å². The third kappa shape index (κ3) is 5.39. The van der Waals surface area contributed by atoms with E-state index in [-0.39, 0.29) is 35.7 Å². The van der Waals surface area contributed by atoms with Crippen LogP contribution in [0.3, 0.4) is 0 Å². The second-order valence-electron chi connectivity index (χ2n) is 6.65. The fraction of sp³-hybridized carbons (Fsp3) is 0.389. The molecule has 2 aromatic rings. The molecule has 1 fully saturated rings. The van der Waals surface area contributed by atoms with Crippen LogP contribution in [0.4, 0.5) is 13.2 Å². The number of carbonyl (C=O) groups is 1. The number of hydrogen-bond donors (Lipinski definition) is 1. The van der Waals surface area contributed by atoms with Crippen molar-refractivity contribution in [2.45, 2.75) is 29.8 Å². The predicted molar refractivity (Wildman–Crippen MR) is 107 cm³/mol. The van der Waals surface area contributed by atoms with Crippen LogP contribution in [0.2, 0.25) is 0 Å². The predicted octanol–water partition coefficient (Wildman–Crippen LogP) is 4.25. The number of amides is 1. The zero-order valence-electron chi connectivity index (χ0n) is 15.1. The minimum atomic E-state index is -4.39. The van der Waals surface area contributed by atoms with Crippen LogP contribution in [0.15, 0.2) is 44.4 Å². The number of nitrogens with one attached hydrogen (secondary N) is 1. The number of alkyl halides is 3. The van der Waals surface area contributed by atoms with Crippen LogP contribution in [0, 0.1) is 5.92 Å². The first kappa shape index (κ1) is 22.3. The molecule has 11 heteroatoms. The number of carbonyl (C=O) groups excluding carboxylic acids is 1. The largest absolute Gasteiger partial charge is 0.416 e. The lowest BCUT2D eigenvalue weighted by Crippen LogP contribution is -2.42. The van der Waals surface area contributed by atoms with E-state index >= 15 is 0 Å². The summed E-state index contributed by atoms with van der Waals surface area (Å²) in [7, 11) is -3.56. The van der Waals surface area contributed by atoms with Gasteiger partial charge in [0, 0.05) is 25.6 Å². The first-order valence-electron chi connectivity index (χ1n) is 8.77. The lowest BCUT2D eigenvalue weighted by atomic mass is 9.97. The fourth-order valence-electron chi connectivity index (χ4n) is 3.07. The summed E-state index contributed by atoms with van der Waals surface area (Å²) in [6.45, 7) is 0.616. The summed E-state index contributed by atoms with van der Waals surface area (Å²) in [5.41, 5.74) is -0.173. The number of halogens is 4. The Morgan fingerprint density at radius 3 is 2.28 bits per heavy atom. The van der Waals surface area contributed by atoms with Gasteiger partial charge in [-0.25, -0.2) is 8.42 Å². The summed E-state index contributed by atoms with van der Waals surface area (Å²) < 4.78 is 65.4. The van der Waals surface area contributed by atoms with E-state index in [4.69, 9.17) is 0 Å². The average molecular weight is 511 g/mol. The maximum atomic E-state index is 12.6. The van der Waals surface area contributed by atoms with Gasteiger partial charge in [-0.05, 0) is 58.6 Å². The van der Waals surface area contributed by atoms with Gasteiger partial charge in [-0.15, -0.1) is 11.3 Å². The summed E-state index contributed by atoms with van der Waals surface area (Å²) in [4.78, 5) is 12.4. The second kappa shape index (κ2) is 8.75. The van der Waals surface area contributed by atoms with Crippen molar-refractivity contribution in [1.82, 2.24) is 9.62 Å². The number of nitrogens with zero attached hydrogens (tertiary/aromatic N) is 1. The Morgan fingerprint density at radius 1 is 1.14 bits per heavy atom.